The van der Waals surface area contributed by atoms with Gasteiger partial charge in [0.05, 0.1) is 0 Å². The van der Waals surface area contributed by atoms with Gasteiger partial charge in [-0.05, 0) is 0 Å². The molecule has 3 N–H and O–H groups in total. The molecule has 0 aliphatic rings. The van der Waals surface area contributed by atoms with Gasteiger partial charge in [-0.25, -0.2) is 0 Å². The molecule has 0 atom stereocenters. The zero-order chi connectivity index (χ0) is 6.62. The molecule has 0 rings (SSSR count). The van der Waals surface area contributed by atoms with Gasteiger partial charge in [-0.1, -0.05) is 0 Å². The SMILES string of the molecule is C=CC[O][Mn](=[O])(=[O])=[O].N. The molecule has 0 aromatic heterocycles. The van der Waals surface area contributed by atoms with Crippen molar-refractivity contribution in [3.05, 3.63) is 12.7 Å². The second-order valence-corrected chi connectivity index (χ2v) is 2.46. The normalized spacial score (nSPS) is 9.78. The first kappa shape index (κ1) is 11.4. The first-order chi connectivity index (χ1) is 3.56. The minimum Gasteiger partial charge on any atom is -0.344 e. The van der Waals surface area contributed by atoms with Crippen molar-refractivity contribution in [2.75, 3.05) is 6.61 Å². The summed E-state index contributed by atoms with van der Waals surface area (Å²) in [5.41, 5.74) is 0. The first-order valence-electron chi connectivity index (χ1n) is 1.72. The Kier molecular flexibility index (Phi) is 5.64. The second kappa shape index (κ2) is 4.46. The molecule has 0 heterocycles. The van der Waals surface area contributed by atoms with Gasteiger partial charge in [-0.15, -0.1) is 0 Å². The number of hydrogen-bond acceptors (Lipinski definition) is 5. The quantitative estimate of drug-likeness (QED) is 0.498. The molecule has 0 saturated heterocycles. The molecule has 0 aromatic carbocycles. The van der Waals surface area contributed by atoms with Crippen LogP contribution in [0.5, 0.6) is 0 Å². The van der Waals surface area contributed by atoms with Gasteiger partial charge < -0.3 is 6.15 Å². The monoisotopic (exact) mass is 177 g/mol. The zero-order valence-electron chi connectivity index (χ0n) is 4.71. The van der Waals surface area contributed by atoms with E-state index in [0.29, 0.717) is 0 Å². The average molecular weight is 177 g/mol. The standard InChI is InChI=1S/C3H5O.Mn.H3N.3O/c1-2-3-4;;;;;/h2H,1,3H2;;1H3;;;/q-1;+1;;;;. The van der Waals surface area contributed by atoms with Crippen LogP contribution < -0.4 is 6.15 Å². The topological polar surface area (TPSA) is 95.4 Å². The van der Waals surface area contributed by atoms with Crippen molar-refractivity contribution < 1.29 is 28.3 Å². The van der Waals surface area contributed by atoms with Crippen LogP contribution in [0.2, 0.25) is 0 Å². The second-order valence-electron chi connectivity index (χ2n) is 0.942. The smallest absolute Gasteiger partial charge is 0.344 e. The summed E-state index contributed by atoms with van der Waals surface area (Å²) < 4.78 is 32.6. The van der Waals surface area contributed by atoms with Crippen LogP contribution in [0.25, 0.3) is 0 Å². The van der Waals surface area contributed by atoms with Crippen LogP contribution >= 0.6 is 0 Å². The fraction of sp³-hybridized carbons (Fsp3) is 0.333. The van der Waals surface area contributed by atoms with Crippen LogP contribution in [0.3, 0.4) is 0 Å². The van der Waals surface area contributed by atoms with Crippen molar-refractivity contribution in [2.24, 2.45) is 0 Å². The van der Waals surface area contributed by atoms with Crippen molar-refractivity contribution in [2.45, 2.75) is 0 Å². The summed E-state index contributed by atoms with van der Waals surface area (Å²) in [6.07, 6.45) is 1.19. The van der Waals surface area contributed by atoms with Gasteiger partial charge in [0.1, 0.15) is 0 Å². The van der Waals surface area contributed by atoms with Gasteiger partial charge in [-0.3, -0.25) is 0 Å². The van der Waals surface area contributed by atoms with Crippen molar-refractivity contribution in [3.63, 3.8) is 0 Å². The van der Waals surface area contributed by atoms with E-state index in [1.54, 1.807) is 0 Å². The van der Waals surface area contributed by atoms with Crippen molar-refractivity contribution in [3.8, 4) is 0 Å². The molecule has 0 aliphatic carbocycles. The fourth-order valence-electron chi connectivity index (χ4n) is 0.122. The van der Waals surface area contributed by atoms with E-state index in [0.717, 1.165) is 0 Å². The summed E-state index contributed by atoms with van der Waals surface area (Å²) in [6, 6.07) is 0. The van der Waals surface area contributed by atoms with Gasteiger partial charge >= 0.3 is 47.6 Å². The third-order valence-corrected chi connectivity index (χ3v) is 0.929. The molecule has 6 heteroatoms. The Morgan fingerprint density at radius 2 is 1.89 bits per heavy atom. The Balaban J connectivity index is 0. The Hall–Kier alpha value is -0.421. The van der Waals surface area contributed by atoms with Gasteiger partial charge in [0.15, 0.2) is 0 Å². The molecule has 9 heavy (non-hydrogen) atoms. The third kappa shape index (κ3) is 11.3. The summed E-state index contributed by atoms with van der Waals surface area (Å²) in [5, 5.41) is 0. The maximum absolute atomic E-state index is 9.62. The summed E-state index contributed by atoms with van der Waals surface area (Å²) in [5.74, 6) is 0. The number of hydrogen-bond donors (Lipinski definition) is 1. The average Bonchev–Trinajstić information content (AvgIpc) is 1.59. The molecule has 0 radical (unpaired) electrons. The van der Waals surface area contributed by atoms with E-state index in [-0.39, 0.29) is 12.8 Å². The fourth-order valence-corrected chi connectivity index (χ4v) is 0.502. The maximum atomic E-state index is 9.62. The summed E-state index contributed by atoms with van der Waals surface area (Å²) in [6.45, 7) is 2.91. The largest absolute Gasteiger partial charge is 0.344 e. The zero-order valence-corrected chi connectivity index (χ0v) is 5.89. The maximum Gasteiger partial charge on any atom is -0.344 e. The molecule has 0 unspecified atom stereocenters. The van der Waals surface area contributed by atoms with Crippen LogP contribution in [-0.4, -0.2) is 6.61 Å². The Morgan fingerprint density at radius 3 is 2.00 bits per heavy atom. The van der Waals surface area contributed by atoms with E-state index in [4.69, 9.17) is 0 Å². The third-order valence-electron chi connectivity index (χ3n) is 0.314. The van der Waals surface area contributed by atoms with E-state index in [9.17, 15) is 11.5 Å². The minimum absolute atomic E-state index is 0. The van der Waals surface area contributed by atoms with Gasteiger partial charge in [0.25, 0.3) is 0 Å². The molecule has 0 aromatic rings. The van der Waals surface area contributed by atoms with Crippen molar-refractivity contribution in [1.29, 1.82) is 0 Å². The molecule has 0 fully saturated rings. The molecule has 5 nitrogen and oxygen atoms in total. The Morgan fingerprint density at radius 1 is 1.44 bits per heavy atom. The van der Waals surface area contributed by atoms with Crippen LogP contribution in [0.1, 0.15) is 0 Å². The van der Waals surface area contributed by atoms with Crippen LogP contribution in [0.15, 0.2) is 12.7 Å². The summed E-state index contributed by atoms with van der Waals surface area (Å²) in [7, 11) is 0. The van der Waals surface area contributed by atoms with Gasteiger partial charge in [-0.2, -0.15) is 0 Å². The summed E-state index contributed by atoms with van der Waals surface area (Å²) in [4.78, 5) is 0. The predicted octanol–water partition coefficient (Wildman–Crippen LogP) is 0.456. The predicted molar refractivity (Wildman–Crippen MR) is 23.2 cm³/mol. The molecule has 56 valence electrons. The molecule has 0 saturated carbocycles. The van der Waals surface area contributed by atoms with Crippen LogP contribution in [-0.2, 0) is 28.3 Å². The van der Waals surface area contributed by atoms with Crippen LogP contribution in [0, 0.1) is 0 Å². The van der Waals surface area contributed by atoms with Gasteiger partial charge in [0, 0.05) is 0 Å². The van der Waals surface area contributed by atoms with Gasteiger partial charge in [0.2, 0.25) is 0 Å². The van der Waals surface area contributed by atoms with E-state index >= 15 is 0 Å². The molecule has 0 aliphatic heterocycles. The molecule has 0 spiro atoms. The van der Waals surface area contributed by atoms with E-state index in [2.05, 4.69) is 10.4 Å². The van der Waals surface area contributed by atoms with E-state index < -0.39 is 13.0 Å². The molecule has 0 amide bonds. The molecular formula is C3H8MnNO4. The van der Waals surface area contributed by atoms with Crippen molar-refractivity contribution in [1.82, 2.24) is 6.15 Å². The van der Waals surface area contributed by atoms with E-state index in [1.807, 2.05) is 0 Å². The Labute approximate surface area is 54.4 Å². The Bertz CT molecular complexity index is 195. The molecule has 0 bridgehead atoms. The van der Waals surface area contributed by atoms with Crippen LogP contribution in [0.4, 0.5) is 0 Å². The minimum atomic E-state index is -5.01. The number of rotatable bonds is 3. The van der Waals surface area contributed by atoms with Crippen molar-refractivity contribution >= 4 is 0 Å². The first-order valence-corrected chi connectivity index (χ1v) is 3.65. The molecular weight excluding hydrogens is 169 g/mol. The van der Waals surface area contributed by atoms with E-state index in [1.165, 1.54) is 6.08 Å². The summed E-state index contributed by atoms with van der Waals surface area (Å²) >= 11 is -5.01.